The van der Waals surface area contributed by atoms with Gasteiger partial charge in [0.2, 0.25) is 6.41 Å². The molecule has 2 bridgehead atoms. The number of hydrogen-bond acceptors (Lipinski definition) is 4. The lowest BCUT2D eigenvalue weighted by atomic mass is 9.67. The molecule has 3 aliphatic rings. The van der Waals surface area contributed by atoms with Gasteiger partial charge in [0.1, 0.15) is 0 Å². The average molecular weight is 292 g/mol. The van der Waals surface area contributed by atoms with E-state index in [0.29, 0.717) is 18.6 Å². The predicted octanol–water partition coefficient (Wildman–Crippen LogP) is 1.93. The Morgan fingerprint density at radius 1 is 1.38 bits per heavy atom. The molecule has 2 N–H and O–H groups in total. The van der Waals surface area contributed by atoms with Gasteiger partial charge in [-0.05, 0) is 48.9 Å². The van der Waals surface area contributed by atoms with Crippen LogP contribution in [0.25, 0.3) is 0 Å². The van der Waals surface area contributed by atoms with Crippen LogP contribution >= 0.6 is 0 Å². The van der Waals surface area contributed by atoms with E-state index in [-0.39, 0.29) is 10.8 Å². The number of aliphatic hydroxyl groups excluding tert-OH is 2. The van der Waals surface area contributed by atoms with Crippen molar-refractivity contribution < 1.29 is 14.9 Å². The van der Waals surface area contributed by atoms with Crippen LogP contribution in [0.1, 0.15) is 45.4 Å². The number of hydrogen-bond donors (Lipinski definition) is 2. The minimum absolute atomic E-state index is 0.0874. The Bertz CT molecular complexity index is 534. The first kappa shape index (κ1) is 13.7. The Kier molecular flexibility index (Phi) is 2.82. The lowest BCUT2D eigenvalue weighted by Crippen LogP contribution is -2.32. The summed E-state index contributed by atoms with van der Waals surface area (Å²) in [6.07, 6.45) is 9.90. The van der Waals surface area contributed by atoms with Gasteiger partial charge in [-0.2, -0.15) is 0 Å². The Labute approximate surface area is 124 Å². The van der Waals surface area contributed by atoms with Gasteiger partial charge in [0.15, 0.2) is 0 Å². The van der Waals surface area contributed by atoms with Crippen LogP contribution in [0, 0.1) is 22.2 Å². The van der Waals surface area contributed by atoms with E-state index < -0.39 is 6.41 Å². The highest BCUT2D eigenvalue weighted by atomic mass is 16.6. The number of aromatic nitrogens is 2. The van der Waals surface area contributed by atoms with Crippen molar-refractivity contribution >= 4 is 0 Å². The molecule has 3 aliphatic carbocycles. The van der Waals surface area contributed by atoms with Gasteiger partial charge in [-0.15, -0.1) is 0 Å². The fourth-order valence-electron chi connectivity index (χ4n) is 5.51. The Hall–Kier alpha value is -0.910. The molecule has 3 saturated carbocycles. The molecular weight excluding hydrogens is 268 g/mol. The molecule has 1 aromatic rings. The van der Waals surface area contributed by atoms with Gasteiger partial charge in [-0.3, -0.25) is 4.57 Å². The smallest absolute Gasteiger partial charge is 0.242 e. The van der Waals surface area contributed by atoms with Crippen LogP contribution in [0.5, 0.6) is 0 Å². The summed E-state index contributed by atoms with van der Waals surface area (Å²) in [6, 6.07) is 0. The van der Waals surface area contributed by atoms with Crippen molar-refractivity contribution in [1.29, 1.82) is 0 Å². The summed E-state index contributed by atoms with van der Waals surface area (Å²) in [5.41, 5.74) is 0.693. The summed E-state index contributed by atoms with van der Waals surface area (Å²) in [5, 5.41) is 19.7. The summed E-state index contributed by atoms with van der Waals surface area (Å²) in [7, 11) is 0. The summed E-state index contributed by atoms with van der Waals surface area (Å²) in [4.78, 5) is 3.93. The van der Waals surface area contributed by atoms with Gasteiger partial charge >= 0.3 is 0 Å². The molecule has 116 valence electrons. The predicted molar refractivity (Wildman–Crippen MR) is 76.1 cm³/mol. The molecule has 5 heteroatoms. The SMILES string of the molecule is CC1(CO)CC2CC3(COC(O)n4ccnc4)CC3(C2)C1. The number of fused-ring (bicyclic) bond motifs is 1. The number of rotatable bonds is 5. The third-order valence-electron chi connectivity index (χ3n) is 6.25. The molecular formula is C16H24N2O3. The maximum Gasteiger partial charge on any atom is 0.242 e. The van der Waals surface area contributed by atoms with Gasteiger partial charge in [0.25, 0.3) is 0 Å². The average Bonchev–Trinajstić information content (AvgIpc) is 2.86. The van der Waals surface area contributed by atoms with Crippen molar-refractivity contribution in [2.24, 2.45) is 22.2 Å². The molecule has 5 nitrogen and oxygen atoms in total. The van der Waals surface area contributed by atoms with Crippen LogP contribution in [-0.4, -0.2) is 33.0 Å². The summed E-state index contributed by atoms with van der Waals surface area (Å²) >= 11 is 0. The number of ether oxygens (including phenoxy) is 1. The highest BCUT2D eigenvalue weighted by Crippen LogP contribution is 2.81. The lowest BCUT2D eigenvalue weighted by Gasteiger charge is -2.38. The molecule has 1 heterocycles. The minimum atomic E-state index is -0.941. The maximum atomic E-state index is 10.1. The van der Waals surface area contributed by atoms with E-state index in [1.54, 1.807) is 23.3 Å². The van der Waals surface area contributed by atoms with Crippen molar-refractivity contribution in [2.75, 3.05) is 13.2 Å². The van der Waals surface area contributed by atoms with Gasteiger partial charge < -0.3 is 14.9 Å². The molecule has 0 aromatic carbocycles. The molecule has 0 aliphatic heterocycles. The third-order valence-corrected chi connectivity index (χ3v) is 6.25. The fourth-order valence-corrected chi connectivity index (χ4v) is 5.51. The first-order valence-corrected chi connectivity index (χ1v) is 7.88. The van der Waals surface area contributed by atoms with Gasteiger partial charge in [-0.25, -0.2) is 4.98 Å². The van der Waals surface area contributed by atoms with Crippen molar-refractivity contribution in [3.8, 4) is 0 Å². The first-order valence-electron chi connectivity index (χ1n) is 7.88. The minimum Gasteiger partial charge on any atom is -0.396 e. The van der Waals surface area contributed by atoms with E-state index in [1.807, 2.05) is 0 Å². The van der Waals surface area contributed by atoms with Crippen LogP contribution < -0.4 is 0 Å². The fraction of sp³-hybridized carbons (Fsp3) is 0.812. The van der Waals surface area contributed by atoms with Crippen molar-refractivity contribution in [3.63, 3.8) is 0 Å². The molecule has 0 radical (unpaired) electrons. The van der Waals surface area contributed by atoms with E-state index in [9.17, 15) is 10.2 Å². The van der Waals surface area contributed by atoms with E-state index in [4.69, 9.17) is 4.74 Å². The van der Waals surface area contributed by atoms with Gasteiger partial charge in [0, 0.05) is 24.4 Å². The van der Waals surface area contributed by atoms with E-state index >= 15 is 0 Å². The molecule has 5 unspecified atom stereocenters. The maximum absolute atomic E-state index is 10.1. The summed E-state index contributed by atoms with van der Waals surface area (Å²) in [5.74, 6) is 0.721. The molecule has 21 heavy (non-hydrogen) atoms. The third kappa shape index (κ3) is 1.98. The molecule has 1 spiro atoms. The monoisotopic (exact) mass is 292 g/mol. The van der Waals surface area contributed by atoms with Crippen LogP contribution in [0.4, 0.5) is 0 Å². The lowest BCUT2D eigenvalue weighted by molar-refractivity contribution is -0.166. The Balaban J connectivity index is 1.44. The molecule has 0 saturated heterocycles. The molecule has 4 rings (SSSR count). The molecule has 1 aromatic heterocycles. The van der Waals surface area contributed by atoms with Crippen LogP contribution in [-0.2, 0) is 4.74 Å². The van der Waals surface area contributed by atoms with E-state index in [1.165, 1.54) is 19.3 Å². The number of nitrogens with zero attached hydrogens (tertiary/aromatic N) is 2. The van der Waals surface area contributed by atoms with E-state index in [0.717, 1.165) is 18.8 Å². The van der Waals surface area contributed by atoms with Crippen LogP contribution in [0.3, 0.4) is 0 Å². The summed E-state index contributed by atoms with van der Waals surface area (Å²) < 4.78 is 7.31. The zero-order valence-corrected chi connectivity index (χ0v) is 12.5. The van der Waals surface area contributed by atoms with Crippen molar-refractivity contribution in [2.45, 2.75) is 45.4 Å². The topological polar surface area (TPSA) is 67.5 Å². The molecule has 5 atom stereocenters. The largest absolute Gasteiger partial charge is 0.396 e. The van der Waals surface area contributed by atoms with Crippen LogP contribution in [0.15, 0.2) is 18.7 Å². The molecule has 3 fully saturated rings. The summed E-state index contributed by atoms with van der Waals surface area (Å²) in [6.45, 7) is 3.13. The normalized spacial score (nSPS) is 45.4. The zero-order chi connectivity index (χ0) is 14.7. The second kappa shape index (κ2) is 4.31. The van der Waals surface area contributed by atoms with Crippen molar-refractivity contribution in [3.05, 3.63) is 18.7 Å². The Morgan fingerprint density at radius 2 is 2.24 bits per heavy atom. The number of aliphatic hydroxyl groups is 2. The highest BCUT2D eigenvalue weighted by Gasteiger charge is 2.74. The number of imidazole rings is 1. The second-order valence-corrected chi connectivity index (χ2v) is 8.01. The highest BCUT2D eigenvalue weighted by molar-refractivity contribution is 5.23. The molecule has 0 amide bonds. The second-order valence-electron chi connectivity index (χ2n) is 8.01. The van der Waals surface area contributed by atoms with Gasteiger partial charge in [-0.1, -0.05) is 6.92 Å². The zero-order valence-electron chi connectivity index (χ0n) is 12.5. The van der Waals surface area contributed by atoms with E-state index in [2.05, 4.69) is 11.9 Å². The first-order chi connectivity index (χ1) is 10.00. The van der Waals surface area contributed by atoms with Gasteiger partial charge in [0.05, 0.1) is 12.9 Å². The Morgan fingerprint density at radius 3 is 2.95 bits per heavy atom. The van der Waals surface area contributed by atoms with Crippen LogP contribution in [0.2, 0.25) is 0 Å². The quantitative estimate of drug-likeness (QED) is 0.814. The van der Waals surface area contributed by atoms with Crippen molar-refractivity contribution in [1.82, 2.24) is 9.55 Å². The standard InChI is InChI=1S/C16H24N2O3/c1-14(9-19)4-12-5-15(7-14)8-16(15,6-12)10-21-13(20)18-3-2-17-11-18/h2-3,11-13,19-20H,4-10H2,1H3.